The predicted octanol–water partition coefficient (Wildman–Crippen LogP) is 5.34. The molecule has 198 valence electrons. The van der Waals surface area contributed by atoms with Gasteiger partial charge in [-0.05, 0) is 59.9 Å². The summed E-state index contributed by atoms with van der Waals surface area (Å²) in [5, 5.41) is 3.04. The number of anilines is 2. The van der Waals surface area contributed by atoms with E-state index in [1.165, 1.54) is 16.8 Å². The number of aromatic nitrogens is 3. The van der Waals surface area contributed by atoms with Gasteiger partial charge in [0.2, 0.25) is 11.8 Å². The monoisotopic (exact) mass is 521 g/mol. The van der Waals surface area contributed by atoms with Crippen LogP contribution in [0, 0.1) is 0 Å². The Morgan fingerprint density at radius 2 is 1.95 bits per heavy atom. The summed E-state index contributed by atoms with van der Waals surface area (Å²) in [6, 6.07) is 20.1. The fraction of sp³-hybridized carbons (Fsp3) is 0.258. The zero-order chi connectivity index (χ0) is 26.8. The maximum absolute atomic E-state index is 13.3. The van der Waals surface area contributed by atoms with E-state index < -0.39 is 0 Å². The second-order valence-corrected chi connectivity index (χ2v) is 9.83. The van der Waals surface area contributed by atoms with Crippen LogP contribution in [0.5, 0.6) is 11.6 Å². The van der Waals surface area contributed by atoms with Gasteiger partial charge in [0.15, 0.2) is 0 Å². The first-order chi connectivity index (χ1) is 19.1. The molecular formula is C31H31N5O3. The zero-order valence-electron chi connectivity index (χ0n) is 22.1. The van der Waals surface area contributed by atoms with Crippen LogP contribution in [0.1, 0.15) is 46.4 Å². The molecule has 0 saturated carbocycles. The number of nitrogens with one attached hydrogen (secondary N) is 1. The van der Waals surface area contributed by atoms with E-state index in [9.17, 15) is 4.79 Å². The fourth-order valence-corrected chi connectivity index (χ4v) is 5.24. The van der Waals surface area contributed by atoms with Gasteiger partial charge < -0.3 is 24.3 Å². The SMILES string of the molecule is COc1ccc(COc2nc(N3CCc4ccccc43)ncc2C(=O)NCCC2=Cn3cccc3C2C)cc1. The summed E-state index contributed by atoms with van der Waals surface area (Å²) in [5.41, 5.74) is 6.17. The average Bonchev–Trinajstić information content (AvgIpc) is 3.69. The minimum absolute atomic E-state index is 0.251. The molecule has 1 N–H and O–H groups in total. The van der Waals surface area contributed by atoms with Crippen molar-refractivity contribution in [3.05, 3.63) is 101 Å². The highest BCUT2D eigenvalue weighted by Crippen LogP contribution is 2.34. The number of fused-ring (bicyclic) bond motifs is 2. The van der Waals surface area contributed by atoms with Crippen molar-refractivity contribution < 1.29 is 14.3 Å². The molecule has 1 unspecified atom stereocenters. The topological polar surface area (TPSA) is 81.5 Å². The van der Waals surface area contributed by atoms with Gasteiger partial charge in [-0.3, -0.25) is 4.79 Å². The summed E-state index contributed by atoms with van der Waals surface area (Å²) in [6.45, 7) is 3.75. The molecule has 0 spiro atoms. The molecule has 8 heteroatoms. The molecule has 2 aliphatic rings. The molecule has 2 aromatic carbocycles. The maximum atomic E-state index is 13.3. The Bertz CT molecular complexity index is 1530. The standard InChI is InChI=1S/C31H31N5O3/c1-21-24(19-35-16-5-8-27(21)35)13-15-32-29(37)26-18-33-31(36-17-14-23-6-3-4-7-28(23)36)34-30(26)39-20-22-9-11-25(38-2)12-10-22/h3-12,16,18-19,21H,13-15,17,20H2,1-2H3,(H,32,37). The third-order valence-corrected chi connectivity index (χ3v) is 7.46. The van der Waals surface area contributed by atoms with Crippen molar-refractivity contribution >= 4 is 23.7 Å². The van der Waals surface area contributed by atoms with Crippen LogP contribution in [-0.2, 0) is 13.0 Å². The van der Waals surface area contributed by atoms with Crippen molar-refractivity contribution in [3.8, 4) is 11.6 Å². The smallest absolute Gasteiger partial charge is 0.258 e. The fourth-order valence-electron chi connectivity index (χ4n) is 5.24. The molecule has 0 saturated heterocycles. The molecule has 8 nitrogen and oxygen atoms in total. The summed E-state index contributed by atoms with van der Waals surface area (Å²) < 4.78 is 13.5. The molecule has 39 heavy (non-hydrogen) atoms. The minimum Gasteiger partial charge on any atom is -0.497 e. The number of hydrogen-bond acceptors (Lipinski definition) is 6. The van der Waals surface area contributed by atoms with Gasteiger partial charge in [-0.25, -0.2) is 4.98 Å². The Labute approximate surface area is 227 Å². The number of nitrogens with zero attached hydrogens (tertiary/aromatic N) is 4. The molecular weight excluding hydrogens is 490 g/mol. The first-order valence-corrected chi connectivity index (χ1v) is 13.2. The molecule has 1 amide bonds. The number of benzene rings is 2. The first-order valence-electron chi connectivity index (χ1n) is 13.2. The molecule has 2 aliphatic heterocycles. The summed E-state index contributed by atoms with van der Waals surface area (Å²) in [7, 11) is 1.64. The Hall–Kier alpha value is -4.59. The van der Waals surface area contributed by atoms with E-state index in [1.807, 2.05) is 36.4 Å². The van der Waals surface area contributed by atoms with Gasteiger partial charge in [-0.15, -0.1) is 0 Å². The summed E-state index contributed by atoms with van der Waals surface area (Å²) in [5.74, 6) is 1.65. The van der Waals surface area contributed by atoms with E-state index in [-0.39, 0.29) is 18.4 Å². The number of hydrogen-bond donors (Lipinski definition) is 1. The van der Waals surface area contributed by atoms with Gasteiger partial charge in [0, 0.05) is 49.0 Å². The summed E-state index contributed by atoms with van der Waals surface area (Å²) in [4.78, 5) is 24.7. The highest BCUT2D eigenvalue weighted by Gasteiger charge is 2.25. The Morgan fingerprint density at radius 1 is 1.10 bits per heavy atom. The number of para-hydroxylation sites is 1. The second-order valence-electron chi connectivity index (χ2n) is 9.83. The normalized spacial score (nSPS) is 15.5. The van der Waals surface area contributed by atoms with Gasteiger partial charge in [0.25, 0.3) is 5.91 Å². The highest BCUT2D eigenvalue weighted by atomic mass is 16.5. The van der Waals surface area contributed by atoms with E-state index in [4.69, 9.17) is 14.5 Å². The van der Waals surface area contributed by atoms with Gasteiger partial charge in [-0.2, -0.15) is 4.98 Å². The Morgan fingerprint density at radius 3 is 2.77 bits per heavy atom. The van der Waals surface area contributed by atoms with Gasteiger partial charge in [0.1, 0.15) is 17.9 Å². The lowest BCUT2D eigenvalue weighted by Gasteiger charge is -2.19. The minimum atomic E-state index is -0.251. The number of ether oxygens (including phenoxy) is 2. The Balaban J connectivity index is 1.20. The molecule has 0 fully saturated rings. The number of methoxy groups -OCH3 is 1. The van der Waals surface area contributed by atoms with Gasteiger partial charge >= 0.3 is 0 Å². The summed E-state index contributed by atoms with van der Waals surface area (Å²) in [6.07, 6.45) is 7.47. The van der Waals surface area contributed by atoms with Gasteiger partial charge in [-0.1, -0.05) is 37.3 Å². The van der Waals surface area contributed by atoms with Crippen molar-refractivity contribution in [2.75, 3.05) is 25.1 Å². The summed E-state index contributed by atoms with van der Waals surface area (Å²) >= 11 is 0. The largest absolute Gasteiger partial charge is 0.497 e. The predicted molar refractivity (Wildman–Crippen MR) is 151 cm³/mol. The van der Waals surface area contributed by atoms with Crippen LogP contribution < -0.4 is 19.7 Å². The average molecular weight is 522 g/mol. The van der Waals surface area contributed by atoms with E-state index in [2.05, 4.69) is 63.4 Å². The van der Waals surface area contributed by atoms with Crippen molar-refractivity contribution in [2.24, 2.45) is 0 Å². The van der Waals surface area contributed by atoms with Crippen molar-refractivity contribution in [2.45, 2.75) is 32.3 Å². The van der Waals surface area contributed by atoms with E-state index in [0.717, 1.165) is 36.4 Å². The lowest BCUT2D eigenvalue weighted by atomic mass is 9.98. The third kappa shape index (κ3) is 4.97. The van der Waals surface area contributed by atoms with Crippen LogP contribution in [0.2, 0.25) is 0 Å². The molecule has 2 aromatic heterocycles. The van der Waals surface area contributed by atoms with Crippen molar-refractivity contribution in [1.29, 1.82) is 0 Å². The van der Waals surface area contributed by atoms with Gasteiger partial charge in [0.05, 0.1) is 7.11 Å². The molecule has 0 radical (unpaired) electrons. The number of carbonyl (C=O) groups is 1. The lowest BCUT2D eigenvalue weighted by Crippen LogP contribution is -2.26. The van der Waals surface area contributed by atoms with Crippen LogP contribution >= 0.6 is 0 Å². The first kappa shape index (κ1) is 24.7. The molecule has 4 aromatic rings. The number of amides is 1. The molecule has 4 heterocycles. The zero-order valence-corrected chi connectivity index (χ0v) is 22.1. The second kappa shape index (κ2) is 10.6. The molecule has 0 aliphatic carbocycles. The van der Waals surface area contributed by atoms with E-state index >= 15 is 0 Å². The quantitative estimate of drug-likeness (QED) is 0.320. The van der Waals surface area contributed by atoms with E-state index in [0.29, 0.717) is 24.0 Å². The lowest BCUT2D eigenvalue weighted by molar-refractivity contribution is 0.0948. The van der Waals surface area contributed by atoms with Crippen LogP contribution in [0.3, 0.4) is 0 Å². The highest BCUT2D eigenvalue weighted by molar-refractivity contribution is 5.96. The Kier molecular flexibility index (Phi) is 6.75. The molecule has 0 bridgehead atoms. The van der Waals surface area contributed by atoms with Crippen LogP contribution in [0.25, 0.3) is 6.20 Å². The van der Waals surface area contributed by atoms with Crippen molar-refractivity contribution in [1.82, 2.24) is 19.9 Å². The molecule has 1 atom stereocenters. The van der Waals surface area contributed by atoms with Crippen LogP contribution in [0.15, 0.2) is 78.6 Å². The maximum Gasteiger partial charge on any atom is 0.258 e. The van der Waals surface area contributed by atoms with Crippen molar-refractivity contribution in [3.63, 3.8) is 0 Å². The molecule has 6 rings (SSSR count). The number of rotatable bonds is 9. The van der Waals surface area contributed by atoms with Crippen LogP contribution in [0.4, 0.5) is 11.6 Å². The van der Waals surface area contributed by atoms with E-state index in [1.54, 1.807) is 13.3 Å². The third-order valence-electron chi connectivity index (χ3n) is 7.46. The van der Waals surface area contributed by atoms with Crippen LogP contribution in [-0.4, -0.2) is 40.6 Å². The number of carbonyl (C=O) groups excluding carboxylic acids is 1.